The highest BCUT2D eigenvalue weighted by molar-refractivity contribution is 9.10. The molecule has 0 saturated carbocycles. The molecule has 0 bridgehead atoms. The third kappa shape index (κ3) is 4.09. The van der Waals surface area contributed by atoms with Crippen LogP contribution in [-0.4, -0.2) is 15.0 Å². The van der Waals surface area contributed by atoms with Gasteiger partial charge in [0.2, 0.25) is 0 Å². The molecule has 0 fully saturated rings. The van der Waals surface area contributed by atoms with Gasteiger partial charge in [0.05, 0.1) is 11.4 Å². The Labute approximate surface area is 184 Å². The fourth-order valence-electron chi connectivity index (χ4n) is 3.48. The van der Waals surface area contributed by atoms with E-state index in [1.165, 1.54) is 5.56 Å². The first-order valence-electron chi connectivity index (χ1n) is 9.24. The highest BCUT2D eigenvalue weighted by Crippen LogP contribution is 2.31. The zero-order valence-electron chi connectivity index (χ0n) is 16.4. The van der Waals surface area contributed by atoms with Crippen molar-refractivity contribution in [1.29, 1.82) is 0 Å². The summed E-state index contributed by atoms with van der Waals surface area (Å²) in [6.07, 6.45) is 5.52. The van der Waals surface area contributed by atoms with Gasteiger partial charge in [-0.3, -0.25) is 9.97 Å². The molecular formula is C24H19BrClN3. The van der Waals surface area contributed by atoms with Crippen molar-refractivity contribution in [3.05, 3.63) is 87.4 Å². The molecule has 0 spiro atoms. The second kappa shape index (κ2) is 8.05. The molecule has 29 heavy (non-hydrogen) atoms. The maximum absolute atomic E-state index is 5.90. The number of aromatic nitrogens is 3. The second-order valence-electron chi connectivity index (χ2n) is 7.11. The molecule has 0 atom stereocenters. The Morgan fingerprint density at radius 1 is 0.655 bits per heavy atom. The maximum Gasteiger partial charge on any atom is 0.129 e. The van der Waals surface area contributed by atoms with Gasteiger partial charge in [0.25, 0.3) is 0 Å². The lowest BCUT2D eigenvalue weighted by Gasteiger charge is -2.13. The van der Waals surface area contributed by atoms with Crippen LogP contribution < -0.4 is 0 Å². The number of hydrogen-bond donors (Lipinski definition) is 0. The fraction of sp³-hybridized carbons (Fsp3) is 0.125. The minimum atomic E-state index is 0.498. The van der Waals surface area contributed by atoms with E-state index in [2.05, 4.69) is 77.0 Å². The maximum atomic E-state index is 5.90. The summed E-state index contributed by atoms with van der Waals surface area (Å²) in [7, 11) is 0. The first-order chi connectivity index (χ1) is 13.9. The van der Waals surface area contributed by atoms with Crippen molar-refractivity contribution in [3.63, 3.8) is 0 Å². The fourth-order valence-corrected chi connectivity index (χ4v) is 4.04. The lowest BCUT2D eigenvalue weighted by Crippen LogP contribution is -1.95. The van der Waals surface area contributed by atoms with Crippen LogP contribution in [0, 0.1) is 20.8 Å². The Hall–Kier alpha value is -2.56. The number of pyridine rings is 3. The van der Waals surface area contributed by atoms with Crippen molar-refractivity contribution in [2.24, 2.45) is 0 Å². The topological polar surface area (TPSA) is 38.7 Å². The lowest BCUT2D eigenvalue weighted by molar-refractivity contribution is 1.21. The molecule has 0 unspecified atom stereocenters. The molecule has 0 N–H and O–H groups in total. The molecule has 0 amide bonds. The molecule has 144 valence electrons. The van der Waals surface area contributed by atoms with Gasteiger partial charge in [0, 0.05) is 39.8 Å². The average Bonchev–Trinajstić information content (AvgIpc) is 2.69. The summed E-state index contributed by atoms with van der Waals surface area (Å²) in [4.78, 5) is 13.5. The molecule has 0 saturated heterocycles. The molecule has 5 heteroatoms. The van der Waals surface area contributed by atoms with Crippen molar-refractivity contribution >= 4 is 27.5 Å². The highest BCUT2D eigenvalue weighted by atomic mass is 79.9. The predicted octanol–water partition coefficient (Wildman–Crippen LogP) is 7.21. The Bertz CT molecular complexity index is 1200. The lowest BCUT2D eigenvalue weighted by atomic mass is 9.96. The van der Waals surface area contributed by atoms with Crippen LogP contribution in [0.2, 0.25) is 5.15 Å². The summed E-state index contributed by atoms with van der Waals surface area (Å²) < 4.78 is 0.978. The summed E-state index contributed by atoms with van der Waals surface area (Å²) in [6, 6.07) is 14.4. The van der Waals surface area contributed by atoms with Crippen LogP contribution in [0.3, 0.4) is 0 Å². The molecule has 0 radical (unpaired) electrons. The van der Waals surface area contributed by atoms with Gasteiger partial charge in [-0.25, -0.2) is 4.98 Å². The number of halogens is 2. The monoisotopic (exact) mass is 463 g/mol. The molecule has 0 aliphatic carbocycles. The van der Waals surface area contributed by atoms with Crippen LogP contribution in [0.15, 0.2) is 65.5 Å². The van der Waals surface area contributed by atoms with Crippen molar-refractivity contribution in [3.8, 4) is 33.6 Å². The first-order valence-corrected chi connectivity index (χ1v) is 10.4. The first kappa shape index (κ1) is 19.7. The summed E-state index contributed by atoms with van der Waals surface area (Å²) >= 11 is 9.37. The van der Waals surface area contributed by atoms with Gasteiger partial charge < -0.3 is 0 Å². The molecule has 3 heterocycles. The smallest absolute Gasteiger partial charge is 0.129 e. The Balaban J connectivity index is 1.70. The molecule has 3 aromatic heterocycles. The Kier molecular flexibility index (Phi) is 5.48. The zero-order valence-corrected chi connectivity index (χ0v) is 18.7. The van der Waals surface area contributed by atoms with Crippen LogP contribution in [0.4, 0.5) is 0 Å². The molecule has 3 nitrogen and oxygen atoms in total. The van der Waals surface area contributed by atoms with Crippen molar-refractivity contribution in [1.82, 2.24) is 15.0 Å². The van der Waals surface area contributed by atoms with Gasteiger partial charge in [0.15, 0.2) is 0 Å². The van der Waals surface area contributed by atoms with E-state index in [4.69, 9.17) is 16.6 Å². The Morgan fingerprint density at radius 3 is 1.97 bits per heavy atom. The van der Waals surface area contributed by atoms with Crippen molar-refractivity contribution in [2.75, 3.05) is 0 Å². The summed E-state index contributed by atoms with van der Waals surface area (Å²) in [6.45, 7) is 6.26. The molecule has 4 rings (SSSR count). The molecule has 0 aliphatic heterocycles. The van der Waals surface area contributed by atoms with E-state index in [0.717, 1.165) is 49.2 Å². The number of benzene rings is 1. The number of hydrogen-bond acceptors (Lipinski definition) is 3. The quantitative estimate of drug-likeness (QED) is 0.301. The number of nitrogens with zero attached hydrogens (tertiary/aromatic N) is 3. The van der Waals surface area contributed by atoms with Crippen molar-refractivity contribution < 1.29 is 0 Å². The van der Waals surface area contributed by atoms with E-state index in [9.17, 15) is 0 Å². The van der Waals surface area contributed by atoms with Gasteiger partial charge in [0.1, 0.15) is 5.15 Å². The van der Waals surface area contributed by atoms with Gasteiger partial charge in [-0.1, -0.05) is 29.8 Å². The summed E-state index contributed by atoms with van der Waals surface area (Å²) in [5, 5.41) is 0.498. The van der Waals surface area contributed by atoms with E-state index in [1.54, 1.807) is 6.20 Å². The average molecular weight is 465 g/mol. The molecule has 4 aromatic rings. The highest BCUT2D eigenvalue weighted by Gasteiger charge is 2.12. The number of rotatable bonds is 3. The van der Waals surface area contributed by atoms with Crippen LogP contribution in [0.1, 0.15) is 16.7 Å². The Morgan fingerprint density at radius 2 is 1.31 bits per heavy atom. The van der Waals surface area contributed by atoms with Gasteiger partial charge in [-0.15, -0.1) is 0 Å². The van der Waals surface area contributed by atoms with E-state index < -0.39 is 0 Å². The third-order valence-electron chi connectivity index (χ3n) is 4.94. The van der Waals surface area contributed by atoms with Gasteiger partial charge >= 0.3 is 0 Å². The third-order valence-corrected chi connectivity index (χ3v) is 5.60. The predicted molar refractivity (Wildman–Crippen MR) is 123 cm³/mol. The van der Waals surface area contributed by atoms with Crippen LogP contribution >= 0.6 is 27.5 Å². The minimum Gasteiger partial charge on any atom is -0.255 e. The van der Waals surface area contributed by atoms with Crippen LogP contribution in [-0.2, 0) is 0 Å². The summed E-state index contributed by atoms with van der Waals surface area (Å²) in [5.74, 6) is 0. The number of aryl methyl sites for hydroxylation is 3. The SMILES string of the molecule is Cc1cc(-c2ccc(Cl)nc2)ccc1-c1ncc(-c2ncc(Br)cc2C)cc1C. The summed E-state index contributed by atoms with van der Waals surface area (Å²) in [5.41, 5.74) is 9.65. The van der Waals surface area contributed by atoms with E-state index in [0.29, 0.717) is 5.15 Å². The van der Waals surface area contributed by atoms with Crippen LogP contribution in [0.5, 0.6) is 0 Å². The molecule has 1 aromatic carbocycles. The molecular weight excluding hydrogens is 446 g/mol. The van der Waals surface area contributed by atoms with E-state index in [1.807, 2.05) is 24.5 Å². The van der Waals surface area contributed by atoms with Crippen LogP contribution in [0.25, 0.3) is 33.6 Å². The van der Waals surface area contributed by atoms with Crippen molar-refractivity contribution in [2.45, 2.75) is 20.8 Å². The standard InChI is InChI=1S/C24H19BrClN3/c1-14-8-17(18-5-7-22(26)27-11-18)4-6-21(14)24-15(2)9-19(12-28-24)23-16(3)10-20(25)13-29-23/h4-13H,1-3H3. The minimum absolute atomic E-state index is 0.498. The zero-order chi connectivity index (χ0) is 20.5. The van der Waals surface area contributed by atoms with Gasteiger partial charge in [-0.05, 0) is 83.2 Å². The molecule has 0 aliphatic rings. The second-order valence-corrected chi connectivity index (χ2v) is 8.41. The largest absolute Gasteiger partial charge is 0.255 e. The van der Waals surface area contributed by atoms with E-state index >= 15 is 0 Å². The van der Waals surface area contributed by atoms with Gasteiger partial charge in [-0.2, -0.15) is 0 Å². The normalized spacial score (nSPS) is 10.9. The van der Waals surface area contributed by atoms with E-state index in [-0.39, 0.29) is 0 Å².